The number of halogens is 3. The number of anilines is 1. The second-order valence-corrected chi connectivity index (χ2v) is 4.66. The topological polar surface area (TPSA) is 61.4 Å². The fraction of sp³-hybridized carbons (Fsp3) is 0.462. The second kappa shape index (κ2) is 6.60. The summed E-state index contributed by atoms with van der Waals surface area (Å²) in [5, 5.41) is 14.2. The summed E-state index contributed by atoms with van der Waals surface area (Å²) in [7, 11) is 0. The Morgan fingerprint density at radius 2 is 1.80 bits per heavy atom. The maximum atomic E-state index is 12.4. The summed E-state index contributed by atoms with van der Waals surface area (Å²) in [4.78, 5) is 11.6. The van der Waals surface area contributed by atoms with Gasteiger partial charge in [0, 0.05) is 11.7 Å². The SMILES string of the molecule is CC(O)CC(C)NC(=O)Nc1ccc(C(F)(F)F)cc1. The summed E-state index contributed by atoms with van der Waals surface area (Å²) in [6.45, 7) is 3.32. The van der Waals surface area contributed by atoms with Gasteiger partial charge in [0.2, 0.25) is 0 Å². The van der Waals surface area contributed by atoms with E-state index in [2.05, 4.69) is 10.6 Å². The third-order valence-electron chi connectivity index (χ3n) is 2.54. The Balaban J connectivity index is 2.54. The van der Waals surface area contributed by atoms with Gasteiger partial charge in [-0.05, 0) is 44.5 Å². The summed E-state index contributed by atoms with van der Waals surface area (Å²) in [6, 6.07) is 3.38. The first-order valence-corrected chi connectivity index (χ1v) is 6.11. The Kier molecular flexibility index (Phi) is 5.38. The molecule has 1 rings (SSSR count). The zero-order valence-electron chi connectivity index (χ0n) is 11.2. The minimum Gasteiger partial charge on any atom is -0.393 e. The van der Waals surface area contributed by atoms with Crippen molar-refractivity contribution >= 4 is 11.7 Å². The molecule has 0 aliphatic heterocycles. The molecule has 20 heavy (non-hydrogen) atoms. The largest absolute Gasteiger partial charge is 0.416 e. The van der Waals surface area contributed by atoms with Crippen molar-refractivity contribution in [2.75, 3.05) is 5.32 Å². The highest BCUT2D eigenvalue weighted by Gasteiger charge is 2.29. The fourth-order valence-corrected chi connectivity index (χ4v) is 1.70. The van der Waals surface area contributed by atoms with E-state index in [1.54, 1.807) is 13.8 Å². The first kappa shape index (κ1) is 16.3. The molecule has 0 radical (unpaired) electrons. The van der Waals surface area contributed by atoms with Crippen molar-refractivity contribution in [2.24, 2.45) is 0 Å². The number of carbonyl (C=O) groups excluding carboxylic acids is 1. The van der Waals surface area contributed by atoms with Gasteiger partial charge in [-0.15, -0.1) is 0 Å². The van der Waals surface area contributed by atoms with Crippen LogP contribution in [0.15, 0.2) is 24.3 Å². The third-order valence-corrected chi connectivity index (χ3v) is 2.54. The van der Waals surface area contributed by atoms with Crippen molar-refractivity contribution in [1.82, 2.24) is 5.32 Å². The quantitative estimate of drug-likeness (QED) is 0.798. The number of hydrogen-bond donors (Lipinski definition) is 3. The minimum absolute atomic E-state index is 0.246. The van der Waals surface area contributed by atoms with Gasteiger partial charge in [0.05, 0.1) is 11.7 Å². The number of hydrogen-bond acceptors (Lipinski definition) is 2. The van der Waals surface area contributed by atoms with Crippen LogP contribution in [0.5, 0.6) is 0 Å². The summed E-state index contributed by atoms with van der Waals surface area (Å²) < 4.78 is 37.1. The Hall–Kier alpha value is -1.76. The van der Waals surface area contributed by atoms with E-state index < -0.39 is 23.9 Å². The molecule has 0 bridgehead atoms. The third kappa shape index (κ3) is 5.48. The maximum Gasteiger partial charge on any atom is 0.416 e. The first-order chi connectivity index (χ1) is 9.18. The molecule has 1 aromatic carbocycles. The molecule has 3 N–H and O–H groups in total. The Labute approximate surface area is 115 Å². The number of urea groups is 1. The predicted octanol–water partition coefficient (Wildman–Crippen LogP) is 2.99. The lowest BCUT2D eigenvalue weighted by Crippen LogP contribution is -2.37. The molecule has 4 nitrogen and oxygen atoms in total. The van der Waals surface area contributed by atoms with Gasteiger partial charge in [-0.2, -0.15) is 13.2 Å². The van der Waals surface area contributed by atoms with Crippen LogP contribution < -0.4 is 10.6 Å². The van der Waals surface area contributed by atoms with Gasteiger partial charge in [0.1, 0.15) is 0 Å². The highest BCUT2D eigenvalue weighted by atomic mass is 19.4. The van der Waals surface area contributed by atoms with E-state index in [9.17, 15) is 18.0 Å². The zero-order chi connectivity index (χ0) is 15.3. The van der Waals surface area contributed by atoms with E-state index in [1.165, 1.54) is 12.1 Å². The lowest BCUT2D eigenvalue weighted by Gasteiger charge is -2.16. The highest BCUT2D eigenvalue weighted by molar-refractivity contribution is 5.89. The number of aliphatic hydroxyl groups is 1. The average molecular weight is 290 g/mol. The van der Waals surface area contributed by atoms with Gasteiger partial charge in [-0.25, -0.2) is 4.79 Å². The number of alkyl halides is 3. The molecule has 7 heteroatoms. The van der Waals surface area contributed by atoms with Crippen LogP contribution in [0.2, 0.25) is 0 Å². The van der Waals surface area contributed by atoms with Gasteiger partial charge < -0.3 is 15.7 Å². The normalized spacial score (nSPS) is 14.5. The molecule has 2 atom stereocenters. The van der Waals surface area contributed by atoms with E-state index in [0.29, 0.717) is 6.42 Å². The molecule has 0 heterocycles. The van der Waals surface area contributed by atoms with Gasteiger partial charge in [0.25, 0.3) is 0 Å². The van der Waals surface area contributed by atoms with Crippen molar-refractivity contribution in [3.63, 3.8) is 0 Å². The number of aliphatic hydroxyl groups excluding tert-OH is 1. The second-order valence-electron chi connectivity index (χ2n) is 4.66. The van der Waals surface area contributed by atoms with Crippen LogP contribution in [0.25, 0.3) is 0 Å². The monoisotopic (exact) mass is 290 g/mol. The smallest absolute Gasteiger partial charge is 0.393 e. The van der Waals surface area contributed by atoms with Crippen LogP contribution >= 0.6 is 0 Å². The summed E-state index contributed by atoms with van der Waals surface area (Å²) in [5.74, 6) is 0. The highest BCUT2D eigenvalue weighted by Crippen LogP contribution is 2.29. The summed E-state index contributed by atoms with van der Waals surface area (Å²) >= 11 is 0. The van der Waals surface area contributed by atoms with Crippen LogP contribution in [0.4, 0.5) is 23.7 Å². The molecule has 0 aliphatic rings. The van der Waals surface area contributed by atoms with Crippen molar-refractivity contribution in [1.29, 1.82) is 0 Å². The molecule has 0 spiro atoms. The Bertz CT molecular complexity index is 444. The van der Waals surface area contributed by atoms with Crippen LogP contribution in [0.1, 0.15) is 25.8 Å². The average Bonchev–Trinajstić information content (AvgIpc) is 2.26. The summed E-state index contributed by atoms with van der Waals surface area (Å²) in [5.41, 5.74) is -0.509. The van der Waals surface area contributed by atoms with E-state index >= 15 is 0 Å². The molecule has 0 aromatic heterocycles. The van der Waals surface area contributed by atoms with Crippen LogP contribution in [-0.4, -0.2) is 23.3 Å². The van der Waals surface area contributed by atoms with Gasteiger partial charge in [0.15, 0.2) is 0 Å². The van der Waals surface area contributed by atoms with Crippen LogP contribution in [0.3, 0.4) is 0 Å². The Morgan fingerprint density at radius 3 is 2.25 bits per heavy atom. The van der Waals surface area contributed by atoms with E-state index in [-0.39, 0.29) is 11.7 Å². The molecule has 2 amide bonds. The lowest BCUT2D eigenvalue weighted by molar-refractivity contribution is -0.137. The van der Waals surface area contributed by atoms with Crippen molar-refractivity contribution in [3.05, 3.63) is 29.8 Å². The maximum absolute atomic E-state index is 12.4. The van der Waals surface area contributed by atoms with Gasteiger partial charge >= 0.3 is 12.2 Å². The molecule has 2 unspecified atom stereocenters. The van der Waals surface area contributed by atoms with Crippen molar-refractivity contribution < 1.29 is 23.1 Å². The van der Waals surface area contributed by atoms with Gasteiger partial charge in [-0.3, -0.25) is 0 Å². The molecule has 0 aliphatic carbocycles. The number of amides is 2. The number of benzene rings is 1. The number of nitrogens with one attached hydrogen (secondary N) is 2. The van der Waals surface area contributed by atoms with E-state index in [1.807, 2.05) is 0 Å². The standard InChI is InChI=1S/C13H17F3N2O2/c1-8(7-9(2)19)17-12(20)18-11-5-3-10(4-6-11)13(14,15)16/h3-6,8-9,19H,7H2,1-2H3,(H2,17,18,20). The molecule has 0 saturated heterocycles. The number of rotatable bonds is 4. The number of carbonyl (C=O) groups is 1. The predicted molar refractivity (Wildman–Crippen MR) is 69.4 cm³/mol. The van der Waals surface area contributed by atoms with Crippen LogP contribution in [-0.2, 0) is 6.18 Å². The van der Waals surface area contributed by atoms with E-state index in [0.717, 1.165) is 12.1 Å². The molecule has 1 aromatic rings. The fourth-order valence-electron chi connectivity index (χ4n) is 1.70. The first-order valence-electron chi connectivity index (χ1n) is 6.11. The van der Waals surface area contributed by atoms with Crippen molar-refractivity contribution in [2.45, 2.75) is 38.6 Å². The van der Waals surface area contributed by atoms with Crippen LogP contribution in [0, 0.1) is 0 Å². The lowest BCUT2D eigenvalue weighted by atomic mass is 10.1. The van der Waals surface area contributed by atoms with Gasteiger partial charge in [-0.1, -0.05) is 0 Å². The van der Waals surface area contributed by atoms with E-state index in [4.69, 9.17) is 5.11 Å². The molecular formula is C13H17F3N2O2. The Morgan fingerprint density at radius 1 is 1.25 bits per heavy atom. The molecular weight excluding hydrogens is 273 g/mol. The zero-order valence-corrected chi connectivity index (χ0v) is 11.2. The minimum atomic E-state index is -4.40. The summed E-state index contributed by atoms with van der Waals surface area (Å²) in [6.07, 6.45) is -4.55. The molecule has 112 valence electrons. The van der Waals surface area contributed by atoms with Crippen molar-refractivity contribution in [3.8, 4) is 0 Å². The molecule has 0 fully saturated rings. The molecule has 0 saturated carbocycles.